The minimum Gasteiger partial charge on any atom is -0.359 e. The summed E-state index contributed by atoms with van der Waals surface area (Å²) in [6.45, 7) is 0. The van der Waals surface area contributed by atoms with E-state index in [1.807, 2.05) is 0 Å². The van der Waals surface area contributed by atoms with Crippen molar-refractivity contribution in [3.05, 3.63) is 0 Å². The molecule has 0 rings (SSSR count). The number of nitrogens with two attached hydrogens (primary N) is 1. The van der Waals surface area contributed by atoms with Crippen molar-refractivity contribution >= 4 is 36.3 Å². The van der Waals surface area contributed by atoms with Gasteiger partial charge in [0.1, 0.15) is 0 Å². The number of carbonyl (C=O) groups is 1. The van der Waals surface area contributed by atoms with E-state index in [-0.39, 0.29) is 23.1 Å². The van der Waals surface area contributed by atoms with Gasteiger partial charge in [0.25, 0.3) is 0 Å². The zero-order valence-corrected chi connectivity index (χ0v) is 4.13. The SMILES string of the molecule is NC(=O)P(=O)(O)O.[MgH2]. The molecule has 0 atom stereocenters. The number of amides is 1. The summed E-state index contributed by atoms with van der Waals surface area (Å²) in [5.74, 6) is 0. The summed E-state index contributed by atoms with van der Waals surface area (Å²) in [6.07, 6.45) is 0. The van der Waals surface area contributed by atoms with E-state index in [9.17, 15) is 9.36 Å². The highest BCUT2D eigenvalue weighted by molar-refractivity contribution is 7.69. The maximum absolute atomic E-state index is 9.55. The summed E-state index contributed by atoms with van der Waals surface area (Å²) in [5.41, 5.74) is 2.58. The summed E-state index contributed by atoms with van der Waals surface area (Å²) in [7, 11) is -4.60. The second-order valence-corrected chi connectivity index (χ2v) is 2.41. The molecule has 5 nitrogen and oxygen atoms in total. The first-order valence-corrected chi connectivity index (χ1v) is 2.91. The van der Waals surface area contributed by atoms with E-state index in [0.717, 1.165) is 0 Å². The Kier molecular flexibility index (Phi) is 4.79. The fourth-order valence-corrected chi connectivity index (χ4v) is 0. The molecule has 8 heavy (non-hydrogen) atoms. The molecule has 0 bridgehead atoms. The van der Waals surface area contributed by atoms with E-state index in [4.69, 9.17) is 9.79 Å². The Morgan fingerprint density at radius 3 is 1.62 bits per heavy atom. The Labute approximate surface area is 61.6 Å². The van der Waals surface area contributed by atoms with Gasteiger partial charge in [0.15, 0.2) is 0 Å². The Hall–Kier alpha value is 0.386. The molecule has 46 valence electrons. The number of carbonyl (C=O) groups excluding carboxylic acids is 1. The monoisotopic (exact) mass is 151 g/mol. The number of rotatable bonds is 1. The predicted molar refractivity (Wildman–Crippen MR) is 30.2 cm³/mol. The Balaban J connectivity index is 0. The fraction of sp³-hybridized carbons (Fsp3) is 0. The molecule has 0 saturated heterocycles. The third-order valence-electron chi connectivity index (χ3n) is 0.287. The van der Waals surface area contributed by atoms with E-state index >= 15 is 0 Å². The molecule has 0 aliphatic carbocycles. The van der Waals surface area contributed by atoms with E-state index in [2.05, 4.69) is 5.73 Å². The predicted octanol–water partition coefficient (Wildman–Crippen LogP) is -1.67. The smallest absolute Gasteiger partial charge is 0.359 e. The molecule has 0 radical (unpaired) electrons. The quantitative estimate of drug-likeness (QED) is 0.308. The van der Waals surface area contributed by atoms with Crippen molar-refractivity contribution in [2.45, 2.75) is 0 Å². The summed E-state index contributed by atoms with van der Waals surface area (Å²) in [6, 6.07) is 0. The largest absolute Gasteiger partial charge is 0.412 e. The third kappa shape index (κ3) is 4.54. The lowest BCUT2D eigenvalue weighted by Crippen LogP contribution is -2.07. The van der Waals surface area contributed by atoms with Crippen LogP contribution in [0.4, 0.5) is 4.79 Å². The standard InChI is InChI=1S/CH4NO4P.Mg.2H/c2-1(3)7(4,5)6;;;/h(H2,2,3)(H2,4,5,6);;;. The first-order chi connectivity index (χ1) is 2.94. The van der Waals surface area contributed by atoms with Crippen molar-refractivity contribution in [2.75, 3.05) is 0 Å². The van der Waals surface area contributed by atoms with Gasteiger partial charge in [-0.15, -0.1) is 0 Å². The van der Waals surface area contributed by atoms with Crippen molar-refractivity contribution < 1.29 is 19.1 Å². The highest BCUT2D eigenvalue weighted by Gasteiger charge is 2.20. The van der Waals surface area contributed by atoms with Gasteiger partial charge in [0, 0.05) is 0 Å². The van der Waals surface area contributed by atoms with Crippen LogP contribution in [-0.2, 0) is 4.57 Å². The zero-order chi connectivity index (χ0) is 6.08. The van der Waals surface area contributed by atoms with E-state index in [1.54, 1.807) is 0 Å². The van der Waals surface area contributed by atoms with E-state index in [0.29, 0.717) is 0 Å². The Morgan fingerprint density at radius 1 is 1.50 bits per heavy atom. The van der Waals surface area contributed by atoms with Crippen LogP contribution in [0.15, 0.2) is 0 Å². The summed E-state index contributed by atoms with van der Waals surface area (Å²) in [4.78, 5) is 24.9. The number of hydrogen-bond acceptors (Lipinski definition) is 2. The summed E-state index contributed by atoms with van der Waals surface area (Å²) < 4.78 is 9.55. The number of hydrogen-bond donors (Lipinski definition) is 3. The molecule has 0 aromatic rings. The summed E-state index contributed by atoms with van der Waals surface area (Å²) in [5, 5.41) is 0. The lowest BCUT2D eigenvalue weighted by atomic mass is 11.5. The van der Waals surface area contributed by atoms with Gasteiger partial charge in [-0.2, -0.15) is 0 Å². The molecular formula is CH6MgNO4P. The number of primary amides is 1. The molecule has 1 amide bonds. The first-order valence-electron chi connectivity index (χ1n) is 1.30. The average molecular weight is 151 g/mol. The van der Waals surface area contributed by atoms with E-state index in [1.165, 1.54) is 0 Å². The second kappa shape index (κ2) is 3.42. The summed E-state index contributed by atoms with van der Waals surface area (Å²) >= 11 is 0. The minimum absolute atomic E-state index is 0. The highest BCUT2D eigenvalue weighted by Crippen LogP contribution is 2.33. The molecule has 0 fully saturated rings. The highest BCUT2D eigenvalue weighted by atomic mass is 31.2. The average Bonchev–Trinajstić information content (AvgIpc) is 1.31. The zero-order valence-electron chi connectivity index (χ0n) is 3.24. The fourth-order valence-electron chi connectivity index (χ4n) is 0. The van der Waals surface area contributed by atoms with Crippen LogP contribution in [-0.4, -0.2) is 38.5 Å². The van der Waals surface area contributed by atoms with Crippen LogP contribution in [0.3, 0.4) is 0 Å². The van der Waals surface area contributed by atoms with Gasteiger partial charge in [-0.25, -0.2) is 4.57 Å². The van der Waals surface area contributed by atoms with Crippen LogP contribution >= 0.6 is 7.60 Å². The maximum atomic E-state index is 9.55. The minimum atomic E-state index is -4.60. The van der Waals surface area contributed by atoms with Gasteiger partial charge in [0.05, 0.1) is 0 Å². The lowest BCUT2D eigenvalue weighted by Gasteiger charge is -1.91. The molecule has 0 heterocycles. The van der Waals surface area contributed by atoms with Crippen LogP contribution in [0.1, 0.15) is 0 Å². The van der Waals surface area contributed by atoms with Gasteiger partial charge in [0.2, 0.25) is 0 Å². The first kappa shape index (κ1) is 11.2. The topological polar surface area (TPSA) is 101 Å². The van der Waals surface area contributed by atoms with E-state index < -0.39 is 13.2 Å². The van der Waals surface area contributed by atoms with Crippen molar-refractivity contribution in [3.8, 4) is 0 Å². The maximum Gasteiger partial charge on any atom is 0.412 e. The van der Waals surface area contributed by atoms with Gasteiger partial charge < -0.3 is 15.5 Å². The molecule has 0 aliphatic heterocycles. The van der Waals surface area contributed by atoms with Crippen LogP contribution < -0.4 is 5.73 Å². The second-order valence-electron chi connectivity index (χ2n) is 0.882. The Morgan fingerprint density at radius 2 is 1.62 bits per heavy atom. The molecule has 0 aromatic heterocycles. The van der Waals surface area contributed by atoms with Crippen LogP contribution in [0.5, 0.6) is 0 Å². The van der Waals surface area contributed by atoms with Crippen molar-refractivity contribution in [3.63, 3.8) is 0 Å². The van der Waals surface area contributed by atoms with Crippen molar-refractivity contribution in [1.29, 1.82) is 0 Å². The molecule has 0 aromatic carbocycles. The Bertz CT molecular complexity index is 128. The normalized spacial score (nSPS) is 9.75. The van der Waals surface area contributed by atoms with Gasteiger partial charge in [-0.3, -0.25) is 4.79 Å². The molecule has 0 unspecified atom stereocenters. The van der Waals surface area contributed by atoms with Crippen LogP contribution in [0.2, 0.25) is 0 Å². The molecule has 7 heteroatoms. The molecule has 4 N–H and O–H groups in total. The van der Waals surface area contributed by atoms with Crippen molar-refractivity contribution in [1.82, 2.24) is 0 Å². The lowest BCUT2D eigenvalue weighted by molar-refractivity contribution is 0.255. The molecule has 0 saturated carbocycles. The van der Waals surface area contributed by atoms with Gasteiger partial charge in [-0.05, 0) is 0 Å². The van der Waals surface area contributed by atoms with Crippen LogP contribution in [0.25, 0.3) is 0 Å². The van der Waals surface area contributed by atoms with Gasteiger partial charge in [-0.1, -0.05) is 0 Å². The molecular weight excluding hydrogens is 145 g/mol. The molecule has 0 aliphatic rings. The van der Waals surface area contributed by atoms with Gasteiger partial charge >= 0.3 is 36.3 Å². The van der Waals surface area contributed by atoms with Crippen LogP contribution in [0, 0.1) is 0 Å². The molecule has 0 spiro atoms. The van der Waals surface area contributed by atoms with Crippen molar-refractivity contribution in [2.24, 2.45) is 5.73 Å². The third-order valence-corrected chi connectivity index (χ3v) is 0.861.